The predicted molar refractivity (Wildman–Crippen MR) is 113 cm³/mol. The lowest BCUT2D eigenvalue weighted by molar-refractivity contribution is 0.0570. The van der Waals surface area contributed by atoms with Gasteiger partial charge in [-0.3, -0.25) is 4.79 Å². The van der Waals surface area contributed by atoms with Crippen molar-refractivity contribution >= 4 is 37.8 Å². The van der Waals surface area contributed by atoms with Gasteiger partial charge in [0.05, 0.1) is 12.9 Å². The minimum Gasteiger partial charge on any atom is -0.494 e. The largest absolute Gasteiger partial charge is 0.494 e. The Balaban J connectivity index is 2.19. The van der Waals surface area contributed by atoms with Crippen LogP contribution in [0.25, 0.3) is 0 Å². The molecular formula is C20H21BrFNO6S. The van der Waals surface area contributed by atoms with Crippen LogP contribution in [0, 0.1) is 5.82 Å². The van der Waals surface area contributed by atoms with Crippen LogP contribution in [0.3, 0.4) is 0 Å². The Hall–Kier alpha value is -2.46. The number of sulfonamides is 1. The first kappa shape index (κ1) is 23.8. The maximum atomic E-state index is 13.6. The molecule has 0 unspecified atom stereocenters. The second-order valence-corrected chi connectivity index (χ2v) is 9.93. The first-order chi connectivity index (χ1) is 13.8. The van der Waals surface area contributed by atoms with Gasteiger partial charge in [0.2, 0.25) is 10.0 Å². The zero-order chi connectivity index (χ0) is 22.7. The molecule has 1 N–H and O–H groups in total. The van der Waals surface area contributed by atoms with Crippen molar-refractivity contribution in [2.45, 2.75) is 32.1 Å². The van der Waals surface area contributed by atoms with Gasteiger partial charge in [0, 0.05) is 15.6 Å². The van der Waals surface area contributed by atoms with Crippen LogP contribution in [-0.2, 0) is 20.5 Å². The van der Waals surface area contributed by atoms with E-state index in [1.165, 1.54) is 37.4 Å². The van der Waals surface area contributed by atoms with Crippen LogP contribution in [0.2, 0.25) is 0 Å². The molecule has 2 rings (SSSR count). The second kappa shape index (κ2) is 9.13. The molecule has 7 nitrogen and oxygen atoms in total. The number of methoxy groups -OCH3 is 1. The van der Waals surface area contributed by atoms with Gasteiger partial charge in [-0.2, -0.15) is 0 Å². The number of hydrogen-bond acceptors (Lipinski definition) is 6. The standard InChI is InChI=1S/C20H21BrFNO6S/c1-20(2,3)29-19(25)23-30(26,27)11-12-5-7-14(15(21)9-12)18(24)13-6-8-16(22)17(10-13)28-4/h5-10H,11H2,1-4H3,(H,23,25). The number of halogens is 2. The molecule has 0 fully saturated rings. The summed E-state index contributed by atoms with van der Waals surface area (Å²) in [5, 5.41) is 0. The van der Waals surface area contributed by atoms with Crippen molar-refractivity contribution in [3.8, 4) is 5.75 Å². The van der Waals surface area contributed by atoms with Crippen LogP contribution in [0.4, 0.5) is 9.18 Å². The van der Waals surface area contributed by atoms with Gasteiger partial charge in [0.25, 0.3) is 0 Å². The van der Waals surface area contributed by atoms with E-state index >= 15 is 0 Å². The Morgan fingerprint density at radius 3 is 2.37 bits per heavy atom. The quantitative estimate of drug-likeness (QED) is 0.596. The smallest absolute Gasteiger partial charge is 0.421 e. The SMILES string of the molecule is COc1cc(C(=O)c2ccc(CS(=O)(=O)NC(=O)OC(C)(C)C)cc2Br)ccc1F. The first-order valence-corrected chi connectivity index (χ1v) is 11.2. The monoisotopic (exact) mass is 501 g/mol. The van der Waals surface area contributed by atoms with Crippen molar-refractivity contribution in [1.82, 2.24) is 4.72 Å². The second-order valence-electron chi connectivity index (χ2n) is 7.36. The van der Waals surface area contributed by atoms with E-state index in [0.29, 0.717) is 10.0 Å². The molecular weight excluding hydrogens is 481 g/mol. The number of ether oxygens (including phenoxy) is 2. The van der Waals surface area contributed by atoms with E-state index in [9.17, 15) is 22.4 Å². The maximum absolute atomic E-state index is 13.6. The van der Waals surface area contributed by atoms with Crippen molar-refractivity contribution in [1.29, 1.82) is 0 Å². The molecule has 0 saturated carbocycles. The number of hydrogen-bond donors (Lipinski definition) is 1. The van der Waals surface area contributed by atoms with Crippen LogP contribution in [-0.4, -0.2) is 33.0 Å². The molecule has 0 aliphatic heterocycles. The molecule has 0 bridgehead atoms. The number of benzene rings is 2. The summed E-state index contributed by atoms with van der Waals surface area (Å²) in [5.74, 6) is -1.55. The van der Waals surface area contributed by atoms with Gasteiger partial charge in [-0.25, -0.2) is 22.3 Å². The van der Waals surface area contributed by atoms with Gasteiger partial charge in [-0.1, -0.05) is 22.0 Å². The molecule has 2 aromatic carbocycles. The molecule has 162 valence electrons. The normalized spacial score (nSPS) is 11.7. The predicted octanol–water partition coefficient (Wildman–Crippen LogP) is 4.18. The van der Waals surface area contributed by atoms with Crippen molar-refractivity contribution in [2.24, 2.45) is 0 Å². The van der Waals surface area contributed by atoms with E-state index < -0.39 is 39.1 Å². The third kappa shape index (κ3) is 6.53. The van der Waals surface area contributed by atoms with E-state index in [-0.39, 0.29) is 16.9 Å². The highest BCUT2D eigenvalue weighted by Crippen LogP contribution is 2.25. The van der Waals surface area contributed by atoms with Crippen molar-refractivity contribution in [3.63, 3.8) is 0 Å². The molecule has 30 heavy (non-hydrogen) atoms. The zero-order valence-corrected chi connectivity index (χ0v) is 19.2. The Morgan fingerprint density at radius 1 is 1.13 bits per heavy atom. The van der Waals surface area contributed by atoms with Gasteiger partial charge < -0.3 is 9.47 Å². The van der Waals surface area contributed by atoms with E-state index in [0.717, 1.165) is 6.07 Å². The summed E-state index contributed by atoms with van der Waals surface area (Å²) in [7, 11) is -2.72. The number of carbonyl (C=O) groups excluding carboxylic acids is 2. The molecule has 0 aliphatic carbocycles. The Kier molecular flexibility index (Phi) is 7.25. The average molecular weight is 502 g/mol. The number of carbonyl (C=O) groups is 2. The van der Waals surface area contributed by atoms with E-state index in [1.54, 1.807) is 20.8 Å². The highest BCUT2D eigenvalue weighted by atomic mass is 79.9. The van der Waals surface area contributed by atoms with E-state index in [1.807, 2.05) is 4.72 Å². The Labute approximate surface area is 182 Å². The summed E-state index contributed by atoms with van der Waals surface area (Å²) < 4.78 is 50.0. The fourth-order valence-corrected chi connectivity index (χ4v) is 4.06. The molecule has 0 heterocycles. The molecule has 0 atom stereocenters. The summed E-state index contributed by atoms with van der Waals surface area (Å²) in [6.45, 7) is 4.84. The topological polar surface area (TPSA) is 98.8 Å². The molecule has 0 spiro atoms. The molecule has 0 aromatic heterocycles. The fourth-order valence-electron chi connectivity index (χ4n) is 2.47. The van der Waals surface area contributed by atoms with E-state index in [4.69, 9.17) is 9.47 Å². The maximum Gasteiger partial charge on any atom is 0.421 e. The van der Waals surface area contributed by atoms with Gasteiger partial charge in [-0.15, -0.1) is 0 Å². The lowest BCUT2D eigenvalue weighted by atomic mass is 10.0. The molecule has 0 saturated heterocycles. The van der Waals surface area contributed by atoms with Crippen molar-refractivity contribution in [3.05, 3.63) is 63.4 Å². The molecule has 2 aromatic rings. The summed E-state index contributed by atoms with van der Waals surface area (Å²) in [5.41, 5.74) is -0.0368. The average Bonchev–Trinajstić information content (AvgIpc) is 2.59. The fraction of sp³-hybridized carbons (Fsp3) is 0.300. The third-order valence-corrected chi connectivity index (χ3v) is 5.53. The summed E-state index contributed by atoms with van der Waals surface area (Å²) in [6.07, 6.45) is -1.07. The lowest BCUT2D eigenvalue weighted by Gasteiger charge is -2.19. The molecule has 0 radical (unpaired) electrons. The number of ketones is 1. The van der Waals surface area contributed by atoms with Crippen LogP contribution in [0.15, 0.2) is 40.9 Å². The van der Waals surface area contributed by atoms with Gasteiger partial charge >= 0.3 is 6.09 Å². The first-order valence-electron chi connectivity index (χ1n) is 8.71. The zero-order valence-electron chi connectivity index (χ0n) is 16.8. The minimum atomic E-state index is -4.01. The highest BCUT2D eigenvalue weighted by molar-refractivity contribution is 9.10. The van der Waals surface area contributed by atoms with E-state index in [2.05, 4.69) is 15.9 Å². The van der Waals surface area contributed by atoms with Crippen LogP contribution in [0.5, 0.6) is 5.75 Å². The van der Waals surface area contributed by atoms with Crippen molar-refractivity contribution in [2.75, 3.05) is 7.11 Å². The summed E-state index contributed by atoms with van der Waals surface area (Å²) in [6, 6.07) is 8.10. The highest BCUT2D eigenvalue weighted by Gasteiger charge is 2.22. The summed E-state index contributed by atoms with van der Waals surface area (Å²) in [4.78, 5) is 24.4. The summed E-state index contributed by atoms with van der Waals surface area (Å²) >= 11 is 3.26. The van der Waals surface area contributed by atoms with Crippen LogP contribution < -0.4 is 9.46 Å². The van der Waals surface area contributed by atoms with Gasteiger partial charge in [-0.05, 0) is 56.7 Å². The van der Waals surface area contributed by atoms with Crippen molar-refractivity contribution < 1.29 is 31.9 Å². The van der Waals surface area contributed by atoms with Gasteiger partial charge in [0.15, 0.2) is 17.3 Å². The molecule has 0 aliphatic rings. The Morgan fingerprint density at radius 2 is 1.80 bits per heavy atom. The lowest BCUT2D eigenvalue weighted by Crippen LogP contribution is -2.36. The molecule has 1 amide bonds. The number of rotatable bonds is 6. The number of nitrogens with one attached hydrogen (secondary N) is 1. The third-order valence-electron chi connectivity index (χ3n) is 3.69. The molecule has 10 heteroatoms. The number of amides is 1. The van der Waals surface area contributed by atoms with Gasteiger partial charge in [0.1, 0.15) is 5.60 Å². The minimum absolute atomic E-state index is 0.0621. The van der Waals surface area contributed by atoms with Crippen LogP contribution in [0.1, 0.15) is 42.3 Å². The van der Waals surface area contributed by atoms with Crippen LogP contribution >= 0.6 is 15.9 Å². The Bertz CT molecular complexity index is 1080.